The lowest BCUT2D eigenvalue weighted by molar-refractivity contribution is -0.0665. The molecule has 2 aliphatic heterocycles. The van der Waals surface area contributed by atoms with E-state index in [1.165, 1.54) is 24.8 Å². The van der Waals surface area contributed by atoms with Crippen LogP contribution in [0.1, 0.15) is 43.7 Å². The zero-order valence-corrected chi connectivity index (χ0v) is 19.9. The Morgan fingerprint density at radius 2 is 1.91 bits per heavy atom. The molecule has 0 amide bonds. The van der Waals surface area contributed by atoms with Crippen molar-refractivity contribution in [1.82, 2.24) is 21.1 Å². The molecule has 2 saturated heterocycles. The highest BCUT2D eigenvalue weighted by Gasteiger charge is 2.32. The molecule has 3 fully saturated rings. The number of ether oxygens (including phenoxy) is 3. The van der Waals surface area contributed by atoms with Crippen LogP contribution in [0.4, 0.5) is 0 Å². The Hall–Kier alpha value is -1.22. The number of likely N-dealkylation sites (N-methyl/N-ethyl adjacent to an activating group) is 2. The minimum absolute atomic E-state index is 0.286. The highest BCUT2D eigenvalue weighted by molar-refractivity contribution is 5.30. The first-order chi connectivity index (χ1) is 15.7. The molecule has 1 aromatic rings. The van der Waals surface area contributed by atoms with Crippen LogP contribution in [0.3, 0.4) is 0 Å². The predicted molar refractivity (Wildman–Crippen MR) is 127 cm³/mol. The number of hydrogen-bond acceptors (Lipinski definition) is 7. The van der Waals surface area contributed by atoms with Crippen LogP contribution in [-0.4, -0.2) is 77.2 Å². The summed E-state index contributed by atoms with van der Waals surface area (Å²) in [5, 5.41) is 3.22. The molecule has 4 rings (SSSR count). The summed E-state index contributed by atoms with van der Waals surface area (Å²) in [5.74, 6) is 2.30. The number of benzene rings is 1. The maximum atomic E-state index is 6.18. The van der Waals surface area contributed by atoms with Gasteiger partial charge in [0.05, 0.1) is 12.1 Å². The van der Waals surface area contributed by atoms with Crippen molar-refractivity contribution in [2.45, 2.75) is 50.4 Å². The Morgan fingerprint density at radius 1 is 1.12 bits per heavy atom. The van der Waals surface area contributed by atoms with Gasteiger partial charge in [0, 0.05) is 64.8 Å². The summed E-state index contributed by atoms with van der Waals surface area (Å²) in [6.45, 7) is 6.87. The van der Waals surface area contributed by atoms with Crippen LogP contribution in [0.15, 0.2) is 24.3 Å². The molecular formula is C25H42N4O3. The van der Waals surface area contributed by atoms with Gasteiger partial charge in [0.1, 0.15) is 11.9 Å². The van der Waals surface area contributed by atoms with Gasteiger partial charge < -0.3 is 24.4 Å². The van der Waals surface area contributed by atoms with Gasteiger partial charge >= 0.3 is 0 Å². The van der Waals surface area contributed by atoms with Crippen LogP contribution in [0.2, 0.25) is 0 Å². The van der Waals surface area contributed by atoms with Gasteiger partial charge in [-0.3, -0.25) is 5.43 Å². The van der Waals surface area contributed by atoms with Crippen LogP contribution >= 0.6 is 0 Å². The van der Waals surface area contributed by atoms with Crippen molar-refractivity contribution in [1.29, 1.82) is 0 Å². The third-order valence-electron chi connectivity index (χ3n) is 7.20. The van der Waals surface area contributed by atoms with E-state index < -0.39 is 0 Å². The molecule has 0 aromatic heterocycles. The van der Waals surface area contributed by atoms with Crippen molar-refractivity contribution in [3.05, 3.63) is 29.8 Å². The summed E-state index contributed by atoms with van der Waals surface area (Å²) < 4.78 is 17.7. The lowest BCUT2D eigenvalue weighted by Gasteiger charge is -2.35. The SMILES string of the molecule is CNCCN(C)CC1CNNC1c1ccc(OC2CC(OCCC3CCOCC3)C2)cc1. The van der Waals surface area contributed by atoms with Gasteiger partial charge in [-0.05, 0) is 57.0 Å². The third kappa shape index (κ3) is 6.89. The fourth-order valence-corrected chi connectivity index (χ4v) is 4.99. The number of hydrogen-bond donors (Lipinski definition) is 3. The molecule has 7 heteroatoms. The molecule has 2 atom stereocenters. The average Bonchev–Trinajstić information content (AvgIpc) is 3.25. The van der Waals surface area contributed by atoms with Gasteiger partial charge in [0.15, 0.2) is 0 Å². The summed E-state index contributed by atoms with van der Waals surface area (Å²) >= 11 is 0. The van der Waals surface area contributed by atoms with Gasteiger partial charge in [-0.25, -0.2) is 5.43 Å². The molecule has 2 heterocycles. The number of nitrogens with zero attached hydrogens (tertiary/aromatic N) is 1. The minimum atomic E-state index is 0.286. The molecule has 1 saturated carbocycles. The highest BCUT2D eigenvalue weighted by atomic mass is 16.5. The Kier molecular flexibility index (Phi) is 9.20. The summed E-state index contributed by atoms with van der Waals surface area (Å²) in [7, 11) is 4.20. The van der Waals surface area contributed by atoms with Crippen LogP contribution in [0.5, 0.6) is 5.75 Å². The number of nitrogens with one attached hydrogen (secondary N) is 3. The second-order valence-corrected chi connectivity index (χ2v) is 9.75. The van der Waals surface area contributed by atoms with Gasteiger partial charge in [-0.1, -0.05) is 12.1 Å². The number of hydrazine groups is 1. The third-order valence-corrected chi connectivity index (χ3v) is 7.20. The van der Waals surface area contributed by atoms with E-state index in [0.29, 0.717) is 18.1 Å². The first kappa shape index (κ1) is 23.9. The van der Waals surface area contributed by atoms with Crippen molar-refractivity contribution < 1.29 is 14.2 Å². The van der Waals surface area contributed by atoms with Gasteiger partial charge in [0.25, 0.3) is 0 Å². The van der Waals surface area contributed by atoms with Gasteiger partial charge in [0.2, 0.25) is 0 Å². The van der Waals surface area contributed by atoms with Crippen molar-refractivity contribution in [3.63, 3.8) is 0 Å². The minimum Gasteiger partial charge on any atom is -0.490 e. The fourth-order valence-electron chi connectivity index (χ4n) is 4.99. The van der Waals surface area contributed by atoms with E-state index in [4.69, 9.17) is 14.2 Å². The number of rotatable bonds is 12. The second-order valence-electron chi connectivity index (χ2n) is 9.75. The van der Waals surface area contributed by atoms with E-state index in [-0.39, 0.29) is 6.10 Å². The molecule has 0 radical (unpaired) electrons. The Morgan fingerprint density at radius 3 is 2.66 bits per heavy atom. The zero-order chi connectivity index (χ0) is 22.2. The second kappa shape index (κ2) is 12.3. The Labute approximate surface area is 193 Å². The van der Waals surface area contributed by atoms with Gasteiger partial charge in [-0.2, -0.15) is 0 Å². The molecule has 0 spiro atoms. The molecule has 3 aliphatic rings. The van der Waals surface area contributed by atoms with E-state index >= 15 is 0 Å². The molecular weight excluding hydrogens is 404 g/mol. The molecule has 3 N–H and O–H groups in total. The molecule has 32 heavy (non-hydrogen) atoms. The molecule has 7 nitrogen and oxygen atoms in total. The maximum Gasteiger partial charge on any atom is 0.119 e. The summed E-state index contributed by atoms with van der Waals surface area (Å²) in [4.78, 5) is 2.40. The van der Waals surface area contributed by atoms with E-state index in [2.05, 4.69) is 52.4 Å². The molecule has 0 bridgehead atoms. The van der Waals surface area contributed by atoms with Crippen LogP contribution in [0, 0.1) is 11.8 Å². The van der Waals surface area contributed by atoms with Crippen molar-refractivity contribution in [3.8, 4) is 5.75 Å². The first-order valence-electron chi connectivity index (χ1n) is 12.5. The average molecular weight is 447 g/mol. The lowest BCUT2D eigenvalue weighted by Crippen LogP contribution is -2.39. The summed E-state index contributed by atoms with van der Waals surface area (Å²) in [6, 6.07) is 8.99. The largest absolute Gasteiger partial charge is 0.490 e. The maximum absolute atomic E-state index is 6.18. The zero-order valence-electron chi connectivity index (χ0n) is 19.9. The predicted octanol–water partition coefficient (Wildman–Crippen LogP) is 2.35. The summed E-state index contributed by atoms with van der Waals surface area (Å²) in [5.41, 5.74) is 8.12. The Balaban J connectivity index is 1.15. The van der Waals surface area contributed by atoms with Crippen LogP contribution in [0.25, 0.3) is 0 Å². The molecule has 1 aromatic carbocycles. The smallest absolute Gasteiger partial charge is 0.119 e. The fraction of sp³-hybridized carbons (Fsp3) is 0.760. The Bertz CT molecular complexity index is 662. The van der Waals surface area contributed by atoms with Gasteiger partial charge in [-0.15, -0.1) is 0 Å². The molecule has 180 valence electrons. The first-order valence-corrected chi connectivity index (χ1v) is 12.5. The standard InChI is InChI=1S/C25H42N4O3/c1-26-10-11-29(2)18-21-17-27-28-25(21)20-3-5-22(6-4-20)32-24-15-23(16-24)31-14-9-19-7-12-30-13-8-19/h3-6,19,21,23-28H,7-18H2,1-2H3. The highest BCUT2D eigenvalue weighted by Crippen LogP contribution is 2.31. The molecule has 1 aliphatic carbocycles. The van der Waals surface area contributed by atoms with Crippen molar-refractivity contribution in [2.24, 2.45) is 11.8 Å². The monoisotopic (exact) mass is 446 g/mol. The quantitative estimate of drug-likeness (QED) is 0.455. The summed E-state index contributed by atoms with van der Waals surface area (Å²) in [6.07, 6.45) is 6.21. The van der Waals surface area contributed by atoms with Crippen LogP contribution in [-0.2, 0) is 9.47 Å². The normalized spacial score (nSPS) is 28.7. The van der Waals surface area contributed by atoms with E-state index in [0.717, 1.165) is 70.5 Å². The van der Waals surface area contributed by atoms with Crippen molar-refractivity contribution in [2.75, 3.05) is 60.1 Å². The topological polar surface area (TPSA) is 67.0 Å². The van der Waals surface area contributed by atoms with E-state index in [1.807, 2.05) is 7.05 Å². The van der Waals surface area contributed by atoms with E-state index in [1.54, 1.807) is 0 Å². The molecule has 2 unspecified atom stereocenters. The van der Waals surface area contributed by atoms with E-state index in [9.17, 15) is 0 Å². The lowest BCUT2D eigenvalue weighted by atomic mass is 9.91. The van der Waals surface area contributed by atoms with Crippen molar-refractivity contribution >= 4 is 0 Å². The van der Waals surface area contributed by atoms with Crippen LogP contribution < -0.4 is 20.9 Å².